The second-order valence-electron chi connectivity index (χ2n) is 5.65. The van der Waals surface area contributed by atoms with Gasteiger partial charge in [0.2, 0.25) is 10.0 Å². The van der Waals surface area contributed by atoms with Crippen LogP contribution >= 0.6 is 0 Å². The van der Waals surface area contributed by atoms with Crippen molar-refractivity contribution in [1.82, 2.24) is 4.31 Å². The average Bonchev–Trinajstić information content (AvgIpc) is 2.55. The van der Waals surface area contributed by atoms with E-state index in [1.807, 2.05) is 13.8 Å². The number of aryl methyl sites for hydroxylation is 2. The molecule has 0 saturated carbocycles. The lowest BCUT2D eigenvalue weighted by Gasteiger charge is -2.15. The molecule has 144 valence electrons. The number of nitrogens with zero attached hydrogens (tertiary/aromatic N) is 1. The van der Waals surface area contributed by atoms with Crippen molar-refractivity contribution in [3.05, 3.63) is 59.7 Å². The van der Waals surface area contributed by atoms with Crippen LogP contribution in [0.5, 0.6) is 0 Å². The number of likely N-dealkylation sites (N-methyl/N-ethyl adjacent to an activating group) is 1. The lowest BCUT2D eigenvalue weighted by molar-refractivity contribution is 0.266. The van der Waals surface area contributed by atoms with Crippen molar-refractivity contribution in [1.29, 1.82) is 0 Å². The number of sulfonamides is 1. The van der Waals surface area contributed by atoms with Crippen molar-refractivity contribution >= 4 is 20.1 Å². The summed E-state index contributed by atoms with van der Waals surface area (Å²) in [5, 5.41) is 8.68. The van der Waals surface area contributed by atoms with Crippen LogP contribution in [-0.2, 0) is 20.1 Å². The third kappa shape index (κ3) is 6.50. The summed E-state index contributed by atoms with van der Waals surface area (Å²) in [7, 11) is -6.01. The molecular formula is C17H23NO6S2. The number of rotatable bonds is 5. The molecule has 2 rings (SSSR count). The van der Waals surface area contributed by atoms with Crippen LogP contribution in [0.25, 0.3) is 0 Å². The van der Waals surface area contributed by atoms with E-state index in [2.05, 4.69) is 0 Å². The minimum absolute atomic E-state index is 0.0666. The molecule has 0 spiro atoms. The second kappa shape index (κ2) is 9.24. The van der Waals surface area contributed by atoms with Gasteiger partial charge in [-0.3, -0.25) is 4.55 Å². The Morgan fingerprint density at radius 1 is 0.808 bits per heavy atom. The van der Waals surface area contributed by atoms with Gasteiger partial charge in [0.25, 0.3) is 10.1 Å². The zero-order valence-electron chi connectivity index (χ0n) is 14.8. The third-order valence-electron chi connectivity index (χ3n) is 3.46. The summed E-state index contributed by atoms with van der Waals surface area (Å²) >= 11 is 0. The Hall–Kier alpha value is -1.78. The molecule has 0 atom stereocenters. The van der Waals surface area contributed by atoms with E-state index in [9.17, 15) is 16.8 Å². The number of aliphatic hydroxyl groups excluding tert-OH is 1. The number of benzene rings is 2. The molecule has 2 N–H and O–H groups in total. The molecule has 0 unspecified atom stereocenters. The molecule has 0 heterocycles. The summed E-state index contributed by atoms with van der Waals surface area (Å²) in [4.78, 5) is 0.187. The first-order valence-corrected chi connectivity index (χ1v) is 10.5. The number of hydrogen-bond donors (Lipinski definition) is 2. The van der Waals surface area contributed by atoms with Crippen LogP contribution in [0.2, 0.25) is 0 Å². The van der Waals surface area contributed by atoms with E-state index < -0.39 is 20.1 Å². The van der Waals surface area contributed by atoms with Gasteiger partial charge in [-0.2, -0.15) is 12.7 Å². The van der Waals surface area contributed by atoms with E-state index in [1.54, 1.807) is 36.4 Å². The van der Waals surface area contributed by atoms with Gasteiger partial charge in [-0.1, -0.05) is 35.4 Å². The molecule has 0 fully saturated rings. The normalized spacial score (nSPS) is 11.8. The third-order valence-corrected chi connectivity index (χ3v) is 6.20. The summed E-state index contributed by atoms with van der Waals surface area (Å²) in [5.41, 5.74) is 1.97. The molecule has 0 radical (unpaired) electrons. The molecule has 0 saturated heterocycles. The zero-order chi connectivity index (χ0) is 20.0. The molecule has 0 aliphatic carbocycles. The first-order valence-electron chi connectivity index (χ1n) is 7.66. The highest BCUT2D eigenvalue weighted by molar-refractivity contribution is 7.89. The maximum absolute atomic E-state index is 11.8. The minimum Gasteiger partial charge on any atom is -0.395 e. The number of hydrogen-bond acceptors (Lipinski definition) is 5. The molecule has 2 aromatic carbocycles. The van der Waals surface area contributed by atoms with E-state index in [-0.39, 0.29) is 22.9 Å². The monoisotopic (exact) mass is 401 g/mol. The van der Waals surface area contributed by atoms with Gasteiger partial charge in [0, 0.05) is 13.6 Å². The fourth-order valence-electron chi connectivity index (χ4n) is 1.86. The summed E-state index contributed by atoms with van der Waals surface area (Å²) in [5.74, 6) is 0. The van der Waals surface area contributed by atoms with E-state index in [4.69, 9.17) is 9.66 Å². The summed E-state index contributed by atoms with van der Waals surface area (Å²) in [6.07, 6.45) is 0. The minimum atomic E-state index is -4.02. The van der Waals surface area contributed by atoms with Crippen molar-refractivity contribution in [3.8, 4) is 0 Å². The highest BCUT2D eigenvalue weighted by Gasteiger charge is 2.19. The van der Waals surface area contributed by atoms with E-state index in [0.717, 1.165) is 15.4 Å². The predicted octanol–water partition coefficient (Wildman–Crippen LogP) is 1.85. The van der Waals surface area contributed by atoms with Gasteiger partial charge in [-0.25, -0.2) is 8.42 Å². The van der Waals surface area contributed by atoms with Crippen molar-refractivity contribution in [2.24, 2.45) is 0 Å². The summed E-state index contributed by atoms with van der Waals surface area (Å²) < 4.78 is 54.4. The Kier molecular flexibility index (Phi) is 7.91. The van der Waals surface area contributed by atoms with Gasteiger partial charge >= 0.3 is 0 Å². The lowest BCUT2D eigenvalue weighted by atomic mass is 10.2. The first-order chi connectivity index (χ1) is 12.0. The fourth-order valence-corrected chi connectivity index (χ4v) is 3.50. The van der Waals surface area contributed by atoms with Gasteiger partial charge in [0.05, 0.1) is 16.4 Å². The Bertz CT molecular complexity index is 905. The van der Waals surface area contributed by atoms with Crippen molar-refractivity contribution in [2.45, 2.75) is 23.6 Å². The molecule has 9 heteroatoms. The zero-order valence-corrected chi connectivity index (χ0v) is 16.5. The Morgan fingerprint density at radius 3 is 1.54 bits per heavy atom. The van der Waals surface area contributed by atoms with Gasteiger partial charge in [-0.05, 0) is 38.1 Å². The molecular weight excluding hydrogens is 378 g/mol. The number of aliphatic hydroxyl groups is 1. The highest BCUT2D eigenvalue weighted by Crippen LogP contribution is 2.14. The van der Waals surface area contributed by atoms with E-state index >= 15 is 0 Å². The van der Waals surface area contributed by atoms with Crippen molar-refractivity contribution < 1.29 is 26.5 Å². The van der Waals surface area contributed by atoms with Gasteiger partial charge < -0.3 is 5.11 Å². The van der Waals surface area contributed by atoms with Gasteiger partial charge in [-0.15, -0.1) is 0 Å². The van der Waals surface area contributed by atoms with Crippen molar-refractivity contribution in [3.63, 3.8) is 0 Å². The molecule has 0 bridgehead atoms. The predicted molar refractivity (Wildman–Crippen MR) is 99.1 cm³/mol. The molecule has 0 aliphatic rings. The average molecular weight is 402 g/mol. The fraction of sp³-hybridized carbons (Fsp3) is 0.294. The molecule has 0 aliphatic heterocycles. The molecule has 0 amide bonds. The van der Waals surface area contributed by atoms with Crippen LogP contribution in [0, 0.1) is 13.8 Å². The lowest BCUT2D eigenvalue weighted by Crippen LogP contribution is -2.29. The molecule has 2 aromatic rings. The first kappa shape index (κ1) is 22.3. The summed E-state index contributed by atoms with van der Waals surface area (Å²) in [6, 6.07) is 12.6. The van der Waals surface area contributed by atoms with E-state index in [0.29, 0.717) is 0 Å². The van der Waals surface area contributed by atoms with Crippen LogP contribution in [0.15, 0.2) is 58.3 Å². The maximum atomic E-state index is 11.8. The second-order valence-corrected chi connectivity index (χ2v) is 9.12. The van der Waals surface area contributed by atoms with Gasteiger partial charge in [0.15, 0.2) is 0 Å². The van der Waals surface area contributed by atoms with Crippen LogP contribution in [0.1, 0.15) is 11.1 Å². The van der Waals surface area contributed by atoms with Crippen LogP contribution in [0.4, 0.5) is 0 Å². The molecule has 26 heavy (non-hydrogen) atoms. The molecule has 7 nitrogen and oxygen atoms in total. The quantitative estimate of drug-likeness (QED) is 0.740. The Balaban J connectivity index is 0.000000273. The highest BCUT2D eigenvalue weighted by atomic mass is 32.2. The topological polar surface area (TPSA) is 112 Å². The van der Waals surface area contributed by atoms with Gasteiger partial charge in [0.1, 0.15) is 0 Å². The van der Waals surface area contributed by atoms with Crippen molar-refractivity contribution in [2.75, 3.05) is 20.2 Å². The summed E-state index contributed by atoms with van der Waals surface area (Å²) in [6.45, 7) is 3.67. The SMILES string of the molecule is Cc1ccc(S(=O)(=O)N(C)CCO)cc1.Cc1ccc(S(=O)(=O)O)cc1. The smallest absolute Gasteiger partial charge is 0.294 e. The maximum Gasteiger partial charge on any atom is 0.294 e. The molecule has 0 aromatic heterocycles. The van der Waals surface area contributed by atoms with Crippen LogP contribution in [-0.4, -0.2) is 51.0 Å². The van der Waals surface area contributed by atoms with E-state index in [1.165, 1.54) is 19.2 Å². The Morgan fingerprint density at radius 2 is 1.19 bits per heavy atom. The Labute approximate surface area is 154 Å². The van der Waals surface area contributed by atoms with Crippen LogP contribution in [0.3, 0.4) is 0 Å². The largest absolute Gasteiger partial charge is 0.395 e. The van der Waals surface area contributed by atoms with Crippen LogP contribution < -0.4 is 0 Å². The standard InChI is InChI=1S/C10H15NO3S.C7H8O3S/c1-9-3-5-10(6-4-9)15(13,14)11(2)7-8-12;1-6-2-4-7(5-3-6)11(8,9)10/h3-6,12H,7-8H2,1-2H3;2-5H,1H3,(H,8,9,10).